The Morgan fingerprint density at radius 3 is 2.68 bits per heavy atom. The lowest BCUT2D eigenvalue weighted by molar-refractivity contribution is -0.385. The summed E-state index contributed by atoms with van der Waals surface area (Å²) in [6.45, 7) is 0.0789. The zero-order valence-electron chi connectivity index (χ0n) is 13.1. The third-order valence-electron chi connectivity index (χ3n) is 3.62. The molecule has 128 valence electrons. The van der Waals surface area contributed by atoms with E-state index in [1.807, 2.05) is 0 Å². The molecule has 0 radical (unpaired) electrons. The molecule has 0 saturated carbocycles. The summed E-state index contributed by atoms with van der Waals surface area (Å²) in [5.41, 5.74) is 0.488. The van der Waals surface area contributed by atoms with E-state index in [9.17, 15) is 20.0 Å². The van der Waals surface area contributed by atoms with Crippen molar-refractivity contribution in [1.82, 2.24) is 0 Å². The van der Waals surface area contributed by atoms with Crippen molar-refractivity contribution in [3.05, 3.63) is 57.6 Å². The fourth-order valence-corrected chi connectivity index (χ4v) is 2.44. The van der Waals surface area contributed by atoms with Crippen molar-refractivity contribution in [3.8, 4) is 17.2 Å². The van der Waals surface area contributed by atoms with E-state index < -0.39 is 10.9 Å². The number of carbonyl (C=O) groups is 1. The molecule has 0 atom stereocenters. The minimum absolute atomic E-state index is 0.0298. The Balaban J connectivity index is 2.05. The van der Waals surface area contributed by atoms with Crippen molar-refractivity contribution < 1.29 is 29.0 Å². The van der Waals surface area contributed by atoms with Crippen molar-refractivity contribution in [2.45, 2.75) is 0 Å². The Bertz CT molecular complexity index is 889. The second kappa shape index (κ2) is 6.52. The molecule has 1 N–H and O–H groups in total. The van der Waals surface area contributed by atoms with E-state index in [0.717, 1.165) is 0 Å². The SMILES string of the molecule is COc1ccc(/C=C(\C(=O)O)c2ccc3c(c2)OCO3)cc1[N+](=O)[O-]. The summed E-state index contributed by atoms with van der Waals surface area (Å²) in [6, 6.07) is 8.98. The number of carboxylic acid groups (broad SMARTS) is 1. The minimum atomic E-state index is -1.17. The van der Waals surface area contributed by atoms with Crippen molar-refractivity contribution in [2.75, 3.05) is 13.9 Å². The largest absolute Gasteiger partial charge is 0.490 e. The van der Waals surface area contributed by atoms with Gasteiger partial charge in [-0.15, -0.1) is 0 Å². The summed E-state index contributed by atoms with van der Waals surface area (Å²) in [6.07, 6.45) is 1.35. The normalized spacial score (nSPS) is 12.8. The van der Waals surface area contributed by atoms with Crippen LogP contribution >= 0.6 is 0 Å². The van der Waals surface area contributed by atoms with Crippen LogP contribution in [0.4, 0.5) is 5.69 Å². The van der Waals surface area contributed by atoms with Crippen molar-refractivity contribution >= 4 is 23.3 Å². The second-order valence-corrected chi connectivity index (χ2v) is 5.12. The van der Waals surface area contributed by atoms with Gasteiger partial charge in [0.05, 0.1) is 17.6 Å². The van der Waals surface area contributed by atoms with Gasteiger partial charge in [0.1, 0.15) is 0 Å². The first-order chi connectivity index (χ1) is 12.0. The first-order valence-electron chi connectivity index (χ1n) is 7.17. The number of aliphatic carboxylic acids is 1. The number of rotatable bonds is 5. The van der Waals surface area contributed by atoms with Gasteiger partial charge < -0.3 is 19.3 Å². The molecule has 1 aliphatic rings. The maximum absolute atomic E-state index is 11.6. The van der Waals surface area contributed by atoms with Gasteiger partial charge in [0.2, 0.25) is 6.79 Å². The Morgan fingerprint density at radius 2 is 2.00 bits per heavy atom. The van der Waals surface area contributed by atoms with Gasteiger partial charge in [0.15, 0.2) is 17.2 Å². The average molecular weight is 343 g/mol. The molecule has 0 aliphatic carbocycles. The van der Waals surface area contributed by atoms with Crippen molar-refractivity contribution in [3.63, 3.8) is 0 Å². The molecule has 0 aromatic heterocycles. The Hall–Kier alpha value is -3.55. The van der Waals surface area contributed by atoms with Gasteiger partial charge in [-0.05, 0) is 35.4 Å². The summed E-state index contributed by atoms with van der Waals surface area (Å²) in [5, 5.41) is 20.6. The zero-order valence-corrected chi connectivity index (χ0v) is 13.1. The fraction of sp³-hybridized carbons (Fsp3) is 0.118. The molecule has 8 nitrogen and oxygen atoms in total. The monoisotopic (exact) mass is 343 g/mol. The first-order valence-corrected chi connectivity index (χ1v) is 7.17. The number of hydrogen-bond acceptors (Lipinski definition) is 6. The average Bonchev–Trinajstić information content (AvgIpc) is 3.06. The number of nitro groups is 1. The predicted molar refractivity (Wildman–Crippen MR) is 87.7 cm³/mol. The Morgan fingerprint density at radius 1 is 1.24 bits per heavy atom. The highest BCUT2D eigenvalue weighted by molar-refractivity contribution is 6.20. The summed E-state index contributed by atoms with van der Waals surface area (Å²) >= 11 is 0. The van der Waals surface area contributed by atoms with E-state index in [2.05, 4.69) is 0 Å². The molecule has 8 heteroatoms. The molecule has 0 saturated heterocycles. The molecular formula is C17H13NO7. The van der Waals surface area contributed by atoms with Gasteiger partial charge in [0, 0.05) is 6.07 Å². The van der Waals surface area contributed by atoms with Crippen LogP contribution in [0.25, 0.3) is 11.6 Å². The standard InChI is InChI=1S/C17H13NO7/c1-23-14-4-2-10(7-13(14)18(21)22)6-12(17(19)20)11-3-5-15-16(8-11)25-9-24-15/h2-8H,9H2,1H3,(H,19,20)/b12-6-. The van der Waals surface area contributed by atoms with E-state index in [1.165, 1.54) is 25.3 Å². The number of nitro benzene ring substituents is 1. The van der Waals surface area contributed by atoms with Crippen LogP contribution in [-0.4, -0.2) is 29.9 Å². The van der Waals surface area contributed by atoms with Crippen LogP contribution in [0.15, 0.2) is 36.4 Å². The molecule has 0 unspecified atom stereocenters. The molecule has 1 heterocycles. The molecule has 1 aliphatic heterocycles. The van der Waals surface area contributed by atoms with Crippen LogP contribution in [-0.2, 0) is 4.79 Å². The van der Waals surface area contributed by atoms with Gasteiger partial charge in [-0.3, -0.25) is 10.1 Å². The van der Waals surface area contributed by atoms with Gasteiger partial charge in [-0.1, -0.05) is 12.1 Å². The second-order valence-electron chi connectivity index (χ2n) is 5.12. The first kappa shape index (κ1) is 16.3. The highest BCUT2D eigenvalue weighted by Crippen LogP contribution is 2.35. The van der Waals surface area contributed by atoms with E-state index in [4.69, 9.17) is 14.2 Å². The maximum Gasteiger partial charge on any atom is 0.336 e. The summed E-state index contributed by atoms with van der Waals surface area (Å²) < 4.78 is 15.4. The smallest absolute Gasteiger partial charge is 0.336 e. The predicted octanol–water partition coefficient (Wildman–Crippen LogP) is 2.96. The molecule has 2 aromatic rings. The Kier molecular flexibility index (Phi) is 4.25. The molecule has 2 aromatic carbocycles. The number of hydrogen-bond donors (Lipinski definition) is 1. The molecule has 25 heavy (non-hydrogen) atoms. The quantitative estimate of drug-likeness (QED) is 0.385. The molecule has 0 amide bonds. The summed E-state index contributed by atoms with van der Waals surface area (Å²) in [7, 11) is 1.33. The highest BCUT2D eigenvalue weighted by atomic mass is 16.7. The number of ether oxygens (including phenoxy) is 3. The Labute approximate surface area is 142 Å². The van der Waals surface area contributed by atoms with Gasteiger partial charge in [0.25, 0.3) is 0 Å². The number of benzene rings is 2. The van der Waals surface area contributed by atoms with Crippen LogP contribution in [0.2, 0.25) is 0 Å². The van der Waals surface area contributed by atoms with Gasteiger partial charge in [-0.25, -0.2) is 4.79 Å². The molecule has 0 spiro atoms. The van der Waals surface area contributed by atoms with E-state index >= 15 is 0 Å². The lowest BCUT2D eigenvalue weighted by Crippen LogP contribution is -2.00. The number of fused-ring (bicyclic) bond motifs is 1. The molecular weight excluding hydrogens is 330 g/mol. The third-order valence-corrected chi connectivity index (χ3v) is 3.62. The van der Waals surface area contributed by atoms with E-state index in [0.29, 0.717) is 22.6 Å². The van der Waals surface area contributed by atoms with Crippen LogP contribution in [0.1, 0.15) is 11.1 Å². The maximum atomic E-state index is 11.6. The number of nitrogens with zero attached hydrogens (tertiary/aromatic N) is 1. The third kappa shape index (κ3) is 3.23. The summed E-state index contributed by atoms with van der Waals surface area (Å²) in [4.78, 5) is 22.2. The number of methoxy groups -OCH3 is 1. The van der Waals surface area contributed by atoms with Crippen molar-refractivity contribution in [1.29, 1.82) is 0 Å². The topological polar surface area (TPSA) is 108 Å². The molecule has 0 fully saturated rings. The van der Waals surface area contributed by atoms with Crippen LogP contribution < -0.4 is 14.2 Å². The van der Waals surface area contributed by atoms with Crippen LogP contribution in [0.5, 0.6) is 17.2 Å². The molecule has 3 rings (SSSR count). The van der Waals surface area contributed by atoms with Crippen LogP contribution in [0, 0.1) is 10.1 Å². The van der Waals surface area contributed by atoms with E-state index in [-0.39, 0.29) is 23.8 Å². The van der Waals surface area contributed by atoms with Gasteiger partial charge >= 0.3 is 11.7 Å². The lowest BCUT2D eigenvalue weighted by Gasteiger charge is -2.06. The summed E-state index contributed by atoms with van der Waals surface area (Å²) in [5.74, 6) is -0.0848. The minimum Gasteiger partial charge on any atom is -0.490 e. The van der Waals surface area contributed by atoms with E-state index in [1.54, 1.807) is 24.3 Å². The zero-order chi connectivity index (χ0) is 18.0. The van der Waals surface area contributed by atoms with Crippen LogP contribution in [0.3, 0.4) is 0 Å². The number of carboxylic acids is 1. The lowest BCUT2D eigenvalue weighted by atomic mass is 10.0. The fourth-order valence-electron chi connectivity index (χ4n) is 2.44. The highest BCUT2D eigenvalue weighted by Gasteiger charge is 2.19. The van der Waals surface area contributed by atoms with Crippen molar-refractivity contribution in [2.24, 2.45) is 0 Å². The molecule has 0 bridgehead atoms. The van der Waals surface area contributed by atoms with Gasteiger partial charge in [-0.2, -0.15) is 0 Å².